The maximum atomic E-state index is 12.1. The molecule has 0 bridgehead atoms. The van der Waals surface area contributed by atoms with Gasteiger partial charge in [0.2, 0.25) is 0 Å². The summed E-state index contributed by atoms with van der Waals surface area (Å²) in [4.78, 5) is 16.1. The zero-order chi connectivity index (χ0) is 10.7. The number of hydrogen-bond acceptors (Lipinski definition) is 3. The molecule has 1 aliphatic carbocycles. The van der Waals surface area contributed by atoms with E-state index in [1.807, 2.05) is 0 Å². The molecule has 2 N–H and O–H groups in total. The van der Waals surface area contributed by atoms with Gasteiger partial charge in [0.1, 0.15) is 0 Å². The van der Waals surface area contributed by atoms with Crippen molar-refractivity contribution in [1.82, 2.24) is 4.98 Å². The Kier molecular flexibility index (Phi) is 4.74. The van der Waals surface area contributed by atoms with Crippen molar-refractivity contribution < 1.29 is 4.79 Å². The molecule has 88 valence electrons. The molecule has 1 aromatic rings. The third kappa shape index (κ3) is 2.73. The van der Waals surface area contributed by atoms with Crippen LogP contribution in [0.25, 0.3) is 0 Å². The minimum atomic E-state index is 0. The van der Waals surface area contributed by atoms with Crippen LogP contribution in [0.3, 0.4) is 0 Å². The van der Waals surface area contributed by atoms with Gasteiger partial charge in [-0.25, -0.2) is 0 Å². The maximum absolute atomic E-state index is 12.1. The molecule has 0 saturated heterocycles. The lowest BCUT2D eigenvalue weighted by atomic mass is 9.84. The monoisotopic (exact) mass is 240 g/mol. The highest BCUT2D eigenvalue weighted by Crippen LogP contribution is 2.28. The van der Waals surface area contributed by atoms with E-state index < -0.39 is 0 Å². The van der Waals surface area contributed by atoms with Gasteiger partial charge in [-0.1, -0.05) is 19.3 Å². The van der Waals surface area contributed by atoms with E-state index >= 15 is 0 Å². The molecular formula is C12H17ClN2O. The Balaban J connectivity index is 0.00000128. The van der Waals surface area contributed by atoms with Gasteiger partial charge in [0.05, 0.1) is 5.56 Å². The predicted octanol–water partition coefficient (Wildman–Crippen LogP) is 2.85. The lowest BCUT2D eigenvalue weighted by Gasteiger charge is -2.20. The summed E-state index contributed by atoms with van der Waals surface area (Å²) in [6.07, 6.45) is 8.80. The second kappa shape index (κ2) is 5.85. The molecule has 0 spiro atoms. The number of carbonyl (C=O) groups excluding carboxylic acids is 1. The normalized spacial score (nSPS) is 16.5. The van der Waals surface area contributed by atoms with Crippen LogP contribution in [0.1, 0.15) is 42.5 Å². The molecule has 2 rings (SSSR count). The van der Waals surface area contributed by atoms with Gasteiger partial charge >= 0.3 is 0 Å². The number of nitrogen functional groups attached to an aromatic ring is 1. The summed E-state index contributed by atoms with van der Waals surface area (Å²) < 4.78 is 0. The van der Waals surface area contributed by atoms with Crippen molar-refractivity contribution in [1.29, 1.82) is 0 Å². The Hall–Kier alpha value is -1.09. The zero-order valence-electron chi connectivity index (χ0n) is 9.19. The number of carbonyl (C=O) groups is 1. The third-order valence-electron chi connectivity index (χ3n) is 3.10. The smallest absolute Gasteiger partial charge is 0.169 e. The number of nitrogens with two attached hydrogens (primary N) is 1. The molecule has 16 heavy (non-hydrogen) atoms. The van der Waals surface area contributed by atoms with Gasteiger partial charge < -0.3 is 5.73 Å². The van der Waals surface area contributed by atoms with E-state index in [-0.39, 0.29) is 24.1 Å². The molecule has 0 aromatic carbocycles. The van der Waals surface area contributed by atoms with Gasteiger partial charge in [-0.3, -0.25) is 9.78 Å². The van der Waals surface area contributed by atoms with Crippen molar-refractivity contribution in [3.05, 3.63) is 24.0 Å². The molecule has 1 heterocycles. The number of ketones is 1. The fourth-order valence-corrected chi connectivity index (χ4v) is 2.20. The van der Waals surface area contributed by atoms with Gasteiger partial charge in [-0.2, -0.15) is 0 Å². The van der Waals surface area contributed by atoms with Crippen LogP contribution in [0.4, 0.5) is 5.69 Å². The van der Waals surface area contributed by atoms with Crippen molar-refractivity contribution in [2.24, 2.45) is 5.92 Å². The van der Waals surface area contributed by atoms with E-state index in [0.29, 0.717) is 11.3 Å². The lowest BCUT2D eigenvalue weighted by molar-refractivity contribution is 0.0890. The van der Waals surface area contributed by atoms with E-state index in [2.05, 4.69) is 4.98 Å². The van der Waals surface area contributed by atoms with Crippen molar-refractivity contribution in [2.75, 3.05) is 5.73 Å². The number of aromatic nitrogens is 1. The van der Waals surface area contributed by atoms with Crippen LogP contribution in [0.15, 0.2) is 18.5 Å². The summed E-state index contributed by atoms with van der Waals surface area (Å²) >= 11 is 0. The van der Waals surface area contributed by atoms with Gasteiger partial charge in [0.15, 0.2) is 5.78 Å². The second-order valence-corrected chi connectivity index (χ2v) is 4.16. The van der Waals surface area contributed by atoms with Gasteiger partial charge in [-0.15, -0.1) is 12.4 Å². The average molecular weight is 241 g/mol. The number of anilines is 1. The molecular weight excluding hydrogens is 224 g/mol. The van der Waals surface area contributed by atoms with Gasteiger partial charge in [0, 0.05) is 24.0 Å². The topological polar surface area (TPSA) is 56.0 Å². The van der Waals surface area contributed by atoms with E-state index in [9.17, 15) is 4.79 Å². The number of hydrogen-bond donors (Lipinski definition) is 1. The van der Waals surface area contributed by atoms with E-state index in [0.717, 1.165) is 25.7 Å². The van der Waals surface area contributed by atoms with Crippen LogP contribution in [0.5, 0.6) is 0 Å². The van der Waals surface area contributed by atoms with Crippen LogP contribution in [0, 0.1) is 5.92 Å². The summed E-state index contributed by atoms with van der Waals surface area (Å²) in [5.74, 6) is 0.352. The van der Waals surface area contributed by atoms with Crippen molar-refractivity contribution >= 4 is 23.9 Å². The van der Waals surface area contributed by atoms with Crippen LogP contribution in [-0.2, 0) is 0 Å². The van der Waals surface area contributed by atoms with Crippen LogP contribution < -0.4 is 5.73 Å². The molecule has 1 fully saturated rings. The third-order valence-corrected chi connectivity index (χ3v) is 3.10. The van der Waals surface area contributed by atoms with Crippen LogP contribution in [-0.4, -0.2) is 10.8 Å². The molecule has 1 saturated carbocycles. The summed E-state index contributed by atoms with van der Waals surface area (Å²) in [6.45, 7) is 0. The molecule has 1 aromatic heterocycles. The first-order valence-corrected chi connectivity index (χ1v) is 5.53. The Morgan fingerprint density at radius 3 is 2.62 bits per heavy atom. The minimum absolute atomic E-state index is 0. The highest BCUT2D eigenvalue weighted by atomic mass is 35.5. The minimum Gasteiger partial charge on any atom is -0.398 e. The molecule has 4 heteroatoms. The largest absolute Gasteiger partial charge is 0.398 e. The van der Waals surface area contributed by atoms with E-state index in [1.54, 1.807) is 18.5 Å². The number of Topliss-reactive ketones (excluding diaryl/α,β-unsaturated/α-hetero) is 1. The van der Waals surface area contributed by atoms with Crippen molar-refractivity contribution in [2.45, 2.75) is 32.1 Å². The highest BCUT2D eigenvalue weighted by molar-refractivity contribution is 6.01. The SMILES string of the molecule is Cl.Nc1ccncc1C(=O)C1CCCCC1. The molecule has 3 nitrogen and oxygen atoms in total. The van der Waals surface area contributed by atoms with Gasteiger partial charge in [0.25, 0.3) is 0 Å². The van der Waals surface area contributed by atoms with Crippen LogP contribution >= 0.6 is 12.4 Å². The first-order valence-electron chi connectivity index (χ1n) is 5.53. The Bertz CT molecular complexity index is 362. The average Bonchev–Trinajstić information content (AvgIpc) is 2.30. The first kappa shape index (κ1) is 13.0. The predicted molar refractivity (Wildman–Crippen MR) is 66.8 cm³/mol. The summed E-state index contributed by atoms with van der Waals surface area (Å²) in [5.41, 5.74) is 6.92. The molecule has 0 atom stereocenters. The number of rotatable bonds is 2. The fraction of sp³-hybridized carbons (Fsp3) is 0.500. The molecule has 0 radical (unpaired) electrons. The molecule has 1 aliphatic rings. The van der Waals surface area contributed by atoms with Gasteiger partial charge in [-0.05, 0) is 18.9 Å². The Labute approximate surface area is 102 Å². The quantitative estimate of drug-likeness (QED) is 0.809. The second-order valence-electron chi connectivity index (χ2n) is 4.16. The first-order chi connectivity index (χ1) is 7.29. The molecule has 0 amide bonds. The number of pyridine rings is 1. The van der Waals surface area contributed by atoms with Crippen LogP contribution in [0.2, 0.25) is 0 Å². The molecule has 0 aliphatic heterocycles. The zero-order valence-corrected chi connectivity index (χ0v) is 10.0. The number of nitrogens with zero attached hydrogens (tertiary/aromatic N) is 1. The summed E-state index contributed by atoms with van der Waals surface area (Å²) in [7, 11) is 0. The van der Waals surface area contributed by atoms with Crippen molar-refractivity contribution in [3.63, 3.8) is 0 Å². The standard InChI is InChI=1S/C12H16N2O.ClH/c13-11-6-7-14-8-10(11)12(15)9-4-2-1-3-5-9;/h6-9H,1-5H2,(H2,13,14);1H. The molecule has 0 unspecified atom stereocenters. The van der Waals surface area contributed by atoms with Crippen molar-refractivity contribution in [3.8, 4) is 0 Å². The van der Waals surface area contributed by atoms with E-state index in [4.69, 9.17) is 5.73 Å². The maximum Gasteiger partial charge on any atom is 0.169 e. The summed E-state index contributed by atoms with van der Waals surface area (Å²) in [6, 6.07) is 1.69. The fourth-order valence-electron chi connectivity index (χ4n) is 2.20. The number of halogens is 1. The van der Waals surface area contributed by atoms with E-state index in [1.165, 1.54) is 6.42 Å². The highest BCUT2D eigenvalue weighted by Gasteiger charge is 2.23. The summed E-state index contributed by atoms with van der Waals surface area (Å²) in [5, 5.41) is 0. The lowest BCUT2D eigenvalue weighted by Crippen LogP contribution is -2.19. The Morgan fingerprint density at radius 1 is 1.31 bits per heavy atom. The Morgan fingerprint density at radius 2 is 2.00 bits per heavy atom.